The minimum absolute atomic E-state index is 0.00275. The van der Waals surface area contributed by atoms with E-state index in [4.69, 9.17) is 0 Å². The molecular formula is C21H29N5O2. The quantitative estimate of drug-likeness (QED) is 0.593. The van der Waals surface area contributed by atoms with Crippen LogP contribution in [0.2, 0.25) is 0 Å². The number of aliphatic imine (C=N–C) groups is 1. The molecule has 1 unspecified atom stereocenters. The maximum atomic E-state index is 12.9. The second kappa shape index (κ2) is 7.81. The van der Waals surface area contributed by atoms with Gasteiger partial charge in [-0.2, -0.15) is 0 Å². The Kier molecular flexibility index (Phi) is 5.24. The lowest BCUT2D eigenvalue weighted by Gasteiger charge is -2.40. The molecule has 2 N–H and O–H groups in total. The van der Waals surface area contributed by atoms with E-state index >= 15 is 0 Å². The summed E-state index contributed by atoms with van der Waals surface area (Å²) in [5.74, 6) is 0.957. The average molecular weight is 383 g/mol. The van der Waals surface area contributed by atoms with Crippen molar-refractivity contribution in [1.82, 2.24) is 15.5 Å². The highest BCUT2D eigenvalue weighted by Gasteiger charge is 2.42. The number of amides is 2. The van der Waals surface area contributed by atoms with E-state index in [-0.39, 0.29) is 23.8 Å². The number of benzene rings is 1. The van der Waals surface area contributed by atoms with E-state index in [2.05, 4.69) is 26.6 Å². The van der Waals surface area contributed by atoms with Gasteiger partial charge < -0.3 is 20.4 Å². The summed E-state index contributed by atoms with van der Waals surface area (Å²) in [5, 5.41) is 6.24. The van der Waals surface area contributed by atoms with Gasteiger partial charge in [-0.1, -0.05) is 18.2 Å². The standard InChI is InChI=1S/C21H29N5O2/c1-22-20(25-10-5-9-21(15-25)12-18(27)24-14-21)23-13-19(28)26-11-4-7-16-6-2-3-8-17(16)26/h2-3,6,8H,4-5,7,9-15H2,1H3,(H,22,23)(H,24,27). The molecule has 1 atom stereocenters. The molecule has 4 rings (SSSR count). The molecule has 2 amide bonds. The maximum absolute atomic E-state index is 12.9. The van der Waals surface area contributed by atoms with Crippen molar-refractivity contribution in [3.63, 3.8) is 0 Å². The summed E-state index contributed by atoms with van der Waals surface area (Å²) in [6.07, 6.45) is 4.70. The minimum atomic E-state index is 0.00275. The number of carbonyl (C=O) groups is 2. The lowest BCUT2D eigenvalue weighted by molar-refractivity contribution is -0.120. The van der Waals surface area contributed by atoms with Crippen LogP contribution in [0.25, 0.3) is 0 Å². The number of likely N-dealkylation sites (tertiary alicyclic amines) is 1. The molecule has 3 heterocycles. The number of hydrogen-bond donors (Lipinski definition) is 2. The number of rotatable bonds is 2. The summed E-state index contributed by atoms with van der Waals surface area (Å²) in [7, 11) is 1.75. The molecule has 0 saturated carbocycles. The van der Waals surface area contributed by atoms with Crippen LogP contribution in [0.5, 0.6) is 0 Å². The highest BCUT2D eigenvalue weighted by Crippen LogP contribution is 2.36. The van der Waals surface area contributed by atoms with Crippen LogP contribution >= 0.6 is 0 Å². The van der Waals surface area contributed by atoms with Gasteiger partial charge in [-0.05, 0) is 37.3 Å². The number of hydrogen-bond acceptors (Lipinski definition) is 3. The fraction of sp³-hybridized carbons (Fsp3) is 0.571. The van der Waals surface area contributed by atoms with Crippen molar-refractivity contribution >= 4 is 23.5 Å². The van der Waals surface area contributed by atoms with Crippen LogP contribution in [0.15, 0.2) is 29.3 Å². The van der Waals surface area contributed by atoms with Crippen LogP contribution in [-0.4, -0.2) is 62.4 Å². The highest BCUT2D eigenvalue weighted by atomic mass is 16.2. The van der Waals surface area contributed by atoms with Crippen molar-refractivity contribution in [3.05, 3.63) is 29.8 Å². The number of nitrogens with one attached hydrogen (secondary N) is 2. The van der Waals surface area contributed by atoms with Gasteiger partial charge in [0, 0.05) is 50.7 Å². The van der Waals surface area contributed by atoms with E-state index in [0.29, 0.717) is 6.42 Å². The van der Waals surface area contributed by atoms with E-state index in [9.17, 15) is 9.59 Å². The molecule has 0 bridgehead atoms. The van der Waals surface area contributed by atoms with Crippen molar-refractivity contribution in [3.8, 4) is 0 Å². The Bertz CT molecular complexity index is 793. The van der Waals surface area contributed by atoms with Gasteiger partial charge >= 0.3 is 0 Å². The Morgan fingerprint density at radius 2 is 2.14 bits per heavy atom. The number of para-hydroxylation sites is 1. The first-order valence-corrected chi connectivity index (χ1v) is 10.2. The van der Waals surface area contributed by atoms with E-state index in [1.165, 1.54) is 5.56 Å². The van der Waals surface area contributed by atoms with Crippen LogP contribution in [0.4, 0.5) is 5.69 Å². The number of anilines is 1. The number of nitrogens with zero attached hydrogens (tertiary/aromatic N) is 3. The number of fused-ring (bicyclic) bond motifs is 1. The third kappa shape index (κ3) is 3.70. The van der Waals surface area contributed by atoms with Gasteiger partial charge in [-0.15, -0.1) is 0 Å². The Morgan fingerprint density at radius 1 is 1.29 bits per heavy atom. The zero-order valence-electron chi connectivity index (χ0n) is 16.5. The molecule has 2 saturated heterocycles. The van der Waals surface area contributed by atoms with Gasteiger partial charge in [0.05, 0.1) is 6.54 Å². The van der Waals surface area contributed by atoms with E-state index in [0.717, 1.165) is 63.5 Å². The van der Waals surface area contributed by atoms with Gasteiger partial charge in [0.1, 0.15) is 0 Å². The first-order valence-electron chi connectivity index (χ1n) is 10.2. The summed E-state index contributed by atoms with van der Waals surface area (Å²) in [4.78, 5) is 33.1. The molecule has 7 nitrogen and oxygen atoms in total. The van der Waals surface area contributed by atoms with E-state index < -0.39 is 0 Å². The molecule has 3 aliphatic rings. The van der Waals surface area contributed by atoms with Gasteiger partial charge in [0.25, 0.3) is 0 Å². The molecule has 1 aromatic carbocycles. The predicted molar refractivity (Wildman–Crippen MR) is 109 cm³/mol. The number of aryl methyl sites for hydroxylation is 1. The molecule has 0 aromatic heterocycles. The fourth-order valence-electron chi connectivity index (χ4n) is 4.80. The van der Waals surface area contributed by atoms with Crippen LogP contribution in [0, 0.1) is 5.41 Å². The lowest BCUT2D eigenvalue weighted by Crippen LogP contribution is -2.53. The topological polar surface area (TPSA) is 77.0 Å². The molecule has 0 aliphatic carbocycles. The van der Waals surface area contributed by atoms with Crippen LogP contribution in [0.3, 0.4) is 0 Å². The van der Waals surface area contributed by atoms with Crippen LogP contribution < -0.4 is 15.5 Å². The highest BCUT2D eigenvalue weighted by molar-refractivity contribution is 5.98. The zero-order valence-corrected chi connectivity index (χ0v) is 16.5. The van der Waals surface area contributed by atoms with Crippen molar-refractivity contribution in [2.45, 2.75) is 32.1 Å². The van der Waals surface area contributed by atoms with Crippen molar-refractivity contribution in [2.24, 2.45) is 10.4 Å². The number of guanidine groups is 1. The smallest absolute Gasteiger partial charge is 0.246 e. The van der Waals surface area contributed by atoms with Gasteiger partial charge in [0.2, 0.25) is 11.8 Å². The SMILES string of the molecule is CN=C(NCC(=O)N1CCCc2ccccc21)N1CCCC2(CNC(=O)C2)C1. The monoisotopic (exact) mass is 383 g/mol. The largest absolute Gasteiger partial charge is 0.355 e. The predicted octanol–water partition coefficient (Wildman–Crippen LogP) is 1.14. The Labute approximate surface area is 166 Å². The Hall–Kier alpha value is -2.57. The first-order chi connectivity index (χ1) is 13.6. The van der Waals surface area contributed by atoms with E-state index in [1.54, 1.807) is 7.05 Å². The molecule has 1 aromatic rings. The zero-order chi connectivity index (χ0) is 19.6. The van der Waals surface area contributed by atoms with Gasteiger partial charge in [-0.3, -0.25) is 14.6 Å². The third-order valence-electron chi connectivity index (χ3n) is 6.18. The van der Waals surface area contributed by atoms with Crippen molar-refractivity contribution in [2.75, 3.05) is 44.7 Å². The molecular weight excluding hydrogens is 354 g/mol. The Morgan fingerprint density at radius 3 is 2.93 bits per heavy atom. The second-order valence-corrected chi connectivity index (χ2v) is 8.16. The molecule has 0 radical (unpaired) electrons. The molecule has 7 heteroatoms. The maximum Gasteiger partial charge on any atom is 0.246 e. The molecule has 3 aliphatic heterocycles. The molecule has 150 valence electrons. The Balaban J connectivity index is 1.38. The van der Waals surface area contributed by atoms with Crippen molar-refractivity contribution in [1.29, 1.82) is 0 Å². The summed E-state index contributed by atoms with van der Waals surface area (Å²) in [6.45, 7) is 3.42. The average Bonchev–Trinajstić information content (AvgIpc) is 3.07. The van der Waals surface area contributed by atoms with Gasteiger partial charge in [0.15, 0.2) is 5.96 Å². The molecule has 28 heavy (non-hydrogen) atoms. The summed E-state index contributed by atoms with van der Waals surface area (Å²) >= 11 is 0. The molecule has 2 fully saturated rings. The molecule has 1 spiro atoms. The van der Waals surface area contributed by atoms with Crippen molar-refractivity contribution < 1.29 is 9.59 Å². The summed E-state index contributed by atoms with van der Waals surface area (Å²) < 4.78 is 0. The summed E-state index contributed by atoms with van der Waals surface area (Å²) in [6, 6.07) is 8.15. The fourth-order valence-corrected chi connectivity index (χ4v) is 4.80. The number of carbonyl (C=O) groups excluding carboxylic acids is 2. The minimum Gasteiger partial charge on any atom is -0.355 e. The van der Waals surface area contributed by atoms with Crippen LogP contribution in [0.1, 0.15) is 31.2 Å². The normalized spacial score (nSPS) is 24.9. The lowest BCUT2D eigenvalue weighted by atomic mass is 9.79. The van der Waals surface area contributed by atoms with E-state index in [1.807, 2.05) is 23.1 Å². The second-order valence-electron chi connectivity index (χ2n) is 8.16. The van der Waals surface area contributed by atoms with Crippen LogP contribution in [-0.2, 0) is 16.0 Å². The van der Waals surface area contributed by atoms with Gasteiger partial charge in [-0.25, -0.2) is 0 Å². The first kappa shape index (κ1) is 18.8. The summed E-state index contributed by atoms with van der Waals surface area (Å²) in [5.41, 5.74) is 2.27. The third-order valence-corrected chi connectivity index (χ3v) is 6.18. The number of piperidine rings is 1.